The predicted molar refractivity (Wildman–Crippen MR) is 179 cm³/mol. The molecule has 0 spiro atoms. The summed E-state index contributed by atoms with van der Waals surface area (Å²) in [6.45, 7) is -0.761. The first-order chi connectivity index (χ1) is 25.1. The first-order valence-electron chi connectivity index (χ1n) is 18.5. The molecule has 3 saturated carbocycles. The Morgan fingerprint density at radius 1 is 1.00 bits per heavy atom. The molecule has 50 heavy (non-hydrogen) atoms. The Bertz CT molecular complexity index is 2260. The Balaban J connectivity index is 1.14. The number of carbonyl (C=O) groups excluding carboxylic acids is 1. The van der Waals surface area contributed by atoms with Gasteiger partial charge in [-0.05, 0) is 83.3 Å². The summed E-state index contributed by atoms with van der Waals surface area (Å²) in [6.07, 6.45) is 4.66. The highest BCUT2D eigenvalue weighted by Gasteiger charge is 2.38. The number of imidazole rings is 1. The molecule has 0 aliphatic heterocycles. The summed E-state index contributed by atoms with van der Waals surface area (Å²) < 4.78 is 68.8. The third-order valence-corrected chi connectivity index (χ3v) is 10.5. The summed E-state index contributed by atoms with van der Waals surface area (Å²) in [5, 5.41) is 24.6. The second-order valence-corrected chi connectivity index (χ2v) is 14.2. The monoisotopic (exact) mass is 695 g/mol. The van der Waals surface area contributed by atoms with E-state index in [1.54, 1.807) is 22.9 Å². The van der Waals surface area contributed by atoms with E-state index >= 15 is 0 Å². The SMILES string of the molecule is [2H]C([2H])([2H])n1c(=O)n(C2CCC(C)(NC(=O)C3CC3)CC2)c2cc(Nc3ccc4c(n3)c(-c3cnn(C(F)(F)F)c3)nn4C3CCC(O)CC3)ncc21. The van der Waals surface area contributed by atoms with Crippen molar-refractivity contribution in [3.05, 3.63) is 47.3 Å². The quantitative estimate of drug-likeness (QED) is 0.204. The number of nitrogens with one attached hydrogen (secondary N) is 2. The molecule has 3 N–H and O–H groups in total. The fraction of sp³-hybridized carbons (Fsp3) is 0.529. The van der Waals surface area contributed by atoms with Gasteiger partial charge >= 0.3 is 12.0 Å². The van der Waals surface area contributed by atoms with Crippen molar-refractivity contribution in [2.45, 2.75) is 101 Å². The maximum atomic E-state index is 13.8. The van der Waals surface area contributed by atoms with Gasteiger partial charge in [-0.15, -0.1) is 13.2 Å². The van der Waals surface area contributed by atoms with Gasteiger partial charge in [0.15, 0.2) is 0 Å². The van der Waals surface area contributed by atoms with Crippen LogP contribution in [0.15, 0.2) is 41.6 Å². The molecule has 13 nitrogen and oxygen atoms in total. The topological polar surface area (TPSA) is 150 Å². The maximum absolute atomic E-state index is 13.8. The summed E-state index contributed by atoms with van der Waals surface area (Å²) in [5.74, 6) is 0.677. The number of amides is 1. The molecule has 3 aliphatic rings. The average molecular weight is 696 g/mol. The van der Waals surface area contributed by atoms with E-state index in [1.807, 2.05) is 6.92 Å². The minimum atomic E-state index is -4.72. The lowest BCUT2D eigenvalue weighted by molar-refractivity contribution is -0.212. The molecular weight excluding hydrogens is 653 g/mol. The first kappa shape index (κ1) is 29.0. The summed E-state index contributed by atoms with van der Waals surface area (Å²) in [6, 6.07) is 4.63. The van der Waals surface area contributed by atoms with Crippen LogP contribution in [0.1, 0.15) is 87.3 Å². The van der Waals surface area contributed by atoms with Crippen molar-refractivity contribution in [1.82, 2.24) is 44.0 Å². The zero-order chi connectivity index (χ0) is 37.4. The van der Waals surface area contributed by atoms with Gasteiger partial charge in [-0.2, -0.15) is 14.9 Å². The number of carbonyl (C=O) groups is 1. The van der Waals surface area contributed by atoms with E-state index in [4.69, 9.17) is 14.2 Å². The van der Waals surface area contributed by atoms with Crippen molar-refractivity contribution in [1.29, 1.82) is 0 Å². The van der Waals surface area contributed by atoms with Crippen LogP contribution in [-0.4, -0.2) is 61.3 Å². The molecule has 3 aliphatic carbocycles. The van der Waals surface area contributed by atoms with Gasteiger partial charge in [-0.25, -0.2) is 14.8 Å². The molecule has 0 bridgehead atoms. The fourth-order valence-electron chi connectivity index (χ4n) is 7.49. The summed E-state index contributed by atoms with van der Waals surface area (Å²) >= 11 is 0. The van der Waals surface area contributed by atoms with E-state index in [2.05, 4.69) is 20.7 Å². The van der Waals surface area contributed by atoms with Crippen LogP contribution in [0.3, 0.4) is 0 Å². The van der Waals surface area contributed by atoms with Crippen LogP contribution in [0.25, 0.3) is 33.3 Å². The number of aromatic nitrogens is 8. The number of hydrogen-bond donors (Lipinski definition) is 3. The summed E-state index contributed by atoms with van der Waals surface area (Å²) in [5.41, 5.74) is 0.657. The highest BCUT2D eigenvalue weighted by molar-refractivity contribution is 5.91. The van der Waals surface area contributed by atoms with Gasteiger partial charge in [0.1, 0.15) is 22.8 Å². The van der Waals surface area contributed by atoms with E-state index in [-0.39, 0.29) is 57.0 Å². The van der Waals surface area contributed by atoms with E-state index in [9.17, 15) is 27.9 Å². The van der Waals surface area contributed by atoms with Crippen LogP contribution in [0.5, 0.6) is 0 Å². The van der Waals surface area contributed by atoms with Crippen LogP contribution in [0.2, 0.25) is 0 Å². The number of aryl methyl sites for hydroxylation is 1. The molecule has 5 heterocycles. The Morgan fingerprint density at radius 2 is 1.76 bits per heavy atom. The van der Waals surface area contributed by atoms with Crippen LogP contribution in [-0.2, 0) is 18.1 Å². The molecule has 0 radical (unpaired) electrons. The molecule has 264 valence electrons. The van der Waals surface area contributed by atoms with Gasteiger partial charge in [-0.1, -0.05) is 0 Å². The molecule has 5 aromatic heterocycles. The predicted octanol–water partition coefficient (Wildman–Crippen LogP) is 5.44. The largest absolute Gasteiger partial charge is 0.504 e. The number of rotatable bonds is 7. The van der Waals surface area contributed by atoms with Gasteiger partial charge in [0.05, 0.1) is 41.1 Å². The van der Waals surface area contributed by atoms with E-state index in [1.165, 1.54) is 10.8 Å². The number of nitrogens with zero attached hydrogens (tertiary/aromatic N) is 8. The number of aliphatic hydroxyl groups is 1. The number of pyridine rings is 2. The number of hydrogen-bond acceptors (Lipinski definition) is 8. The molecule has 0 atom stereocenters. The molecule has 5 aromatic rings. The second kappa shape index (κ2) is 12.0. The van der Waals surface area contributed by atoms with Gasteiger partial charge in [0.25, 0.3) is 0 Å². The van der Waals surface area contributed by atoms with E-state index in [0.29, 0.717) is 67.9 Å². The number of aliphatic hydroxyl groups excluding tert-OH is 1. The first-order valence-corrected chi connectivity index (χ1v) is 17.0. The molecule has 0 unspecified atom stereocenters. The zero-order valence-electron chi connectivity index (χ0n) is 30.3. The Hall–Kier alpha value is -4.73. The number of anilines is 2. The smallest absolute Gasteiger partial charge is 0.393 e. The third kappa shape index (κ3) is 5.92. The van der Waals surface area contributed by atoms with Crippen LogP contribution >= 0.6 is 0 Å². The Morgan fingerprint density at radius 3 is 2.44 bits per heavy atom. The highest BCUT2D eigenvalue weighted by Crippen LogP contribution is 2.39. The van der Waals surface area contributed by atoms with Crippen molar-refractivity contribution in [3.63, 3.8) is 0 Å². The van der Waals surface area contributed by atoms with Crippen molar-refractivity contribution >= 4 is 39.6 Å². The third-order valence-electron chi connectivity index (χ3n) is 10.5. The van der Waals surface area contributed by atoms with E-state index < -0.39 is 30.6 Å². The Kier molecular flexibility index (Phi) is 6.94. The van der Waals surface area contributed by atoms with Crippen molar-refractivity contribution in [3.8, 4) is 11.3 Å². The normalized spacial score (nSPS) is 25.7. The average Bonchev–Trinajstić information content (AvgIpc) is 3.59. The molecule has 0 aromatic carbocycles. The van der Waals surface area contributed by atoms with Crippen molar-refractivity contribution in [2.24, 2.45) is 12.9 Å². The van der Waals surface area contributed by atoms with Crippen LogP contribution in [0, 0.1) is 5.92 Å². The van der Waals surface area contributed by atoms with Gasteiger partial charge < -0.3 is 15.7 Å². The minimum Gasteiger partial charge on any atom is -0.393 e. The molecule has 1 amide bonds. The lowest BCUT2D eigenvalue weighted by Gasteiger charge is -2.38. The minimum absolute atomic E-state index is 0.0559. The second-order valence-electron chi connectivity index (χ2n) is 14.2. The number of fused-ring (bicyclic) bond motifs is 2. The van der Waals surface area contributed by atoms with Gasteiger partial charge in [0, 0.05) is 46.4 Å². The van der Waals surface area contributed by atoms with Crippen molar-refractivity contribution < 1.29 is 27.2 Å². The molecule has 8 rings (SSSR count). The molecule has 3 fully saturated rings. The highest BCUT2D eigenvalue weighted by atomic mass is 19.4. The maximum Gasteiger partial charge on any atom is 0.504 e. The van der Waals surface area contributed by atoms with Gasteiger partial charge in [-0.3, -0.25) is 18.6 Å². The molecule has 16 heteroatoms. The number of halogens is 3. The number of alkyl halides is 3. The fourth-order valence-corrected chi connectivity index (χ4v) is 7.49. The lowest BCUT2D eigenvalue weighted by atomic mass is 9.80. The van der Waals surface area contributed by atoms with Gasteiger partial charge in [0.2, 0.25) is 5.91 Å². The van der Waals surface area contributed by atoms with E-state index in [0.717, 1.165) is 29.8 Å². The zero-order valence-corrected chi connectivity index (χ0v) is 27.3. The standard InChI is InChI=1S/C34H39F3N10O3/c1-33(42-31(49)19-3-4-19)13-11-21(12-14-33)46-25-15-28(38-17-26(25)44(2)32(46)50)40-27-10-9-24-30(41-27)29(20-16-39-45(18-20)34(35,36)37)43-47(24)22-5-7-23(48)8-6-22/h9-10,15-19,21-23,48H,3-8,11-14H2,1-2H3,(H,42,49)(H,38,40,41)/i2D3. The summed E-state index contributed by atoms with van der Waals surface area (Å²) in [7, 11) is 0. The van der Waals surface area contributed by atoms with Crippen LogP contribution in [0.4, 0.5) is 24.8 Å². The molecule has 0 saturated heterocycles. The Labute approximate surface area is 288 Å². The molecular formula is C34H39F3N10O3. The van der Waals surface area contributed by atoms with Crippen molar-refractivity contribution in [2.75, 3.05) is 5.32 Å². The van der Waals surface area contributed by atoms with Crippen LogP contribution < -0.4 is 16.3 Å². The lowest BCUT2D eigenvalue weighted by Crippen LogP contribution is -2.49. The summed E-state index contributed by atoms with van der Waals surface area (Å²) in [4.78, 5) is 35.5.